The van der Waals surface area contributed by atoms with Crippen LogP contribution in [0.4, 0.5) is 16.2 Å². The zero-order valence-corrected chi connectivity index (χ0v) is 17.9. The number of esters is 1. The van der Waals surface area contributed by atoms with Crippen molar-refractivity contribution in [2.45, 2.75) is 52.7 Å². The first-order valence-electron chi connectivity index (χ1n) is 9.38. The van der Waals surface area contributed by atoms with Gasteiger partial charge >= 0.3 is 12.1 Å². The van der Waals surface area contributed by atoms with Gasteiger partial charge in [0.2, 0.25) is 0 Å². The first kappa shape index (κ1) is 22.9. The number of carbonyl (C=O) groups is 2. The quantitative estimate of drug-likeness (QED) is 0.398. The van der Waals surface area contributed by atoms with E-state index < -0.39 is 28.2 Å². The Morgan fingerprint density at radius 3 is 2.10 bits per heavy atom. The van der Waals surface area contributed by atoms with E-state index in [0.717, 1.165) is 0 Å². The molecule has 0 heterocycles. The molecule has 8 heteroatoms. The highest BCUT2D eigenvalue weighted by Crippen LogP contribution is 2.33. The van der Waals surface area contributed by atoms with Crippen LogP contribution in [0.3, 0.4) is 0 Å². The van der Waals surface area contributed by atoms with Crippen molar-refractivity contribution < 1.29 is 24.0 Å². The lowest BCUT2D eigenvalue weighted by atomic mass is 10.0. The van der Waals surface area contributed by atoms with Gasteiger partial charge in [-0.1, -0.05) is 24.3 Å². The SMILES string of the molecule is CC(C)(C)OC(=O)Nc1ccccc1-c1ccc(C(=O)OC(C)(C)C)c([N+](=O)[O-])c1. The van der Waals surface area contributed by atoms with Crippen LogP contribution >= 0.6 is 0 Å². The molecular formula is C22H26N2O6. The summed E-state index contributed by atoms with van der Waals surface area (Å²) in [4.78, 5) is 35.5. The molecule has 0 saturated heterocycles. The highest BCUT2D eigenvalue weighted by atomic mass is 16.6. The maximum atomic E-state index is 12.4. The molecule has 1 amide bonds. The monoisotopic (exact) mass is 414 g/mol. The minimum absolute atomic E-state index is 0.142. The molecule has 0 aliphatic carbocycles. The number of para-hydroxylation sites is 1. The summed E-state index contributed by atoms with van der Waals surface area (Å²) in [6.07, 6.45) is -0.644. The largest absolute Gasteiger partial charge is 0.456 e. The Hall–Kier alpha value is -3.42. The number of benzene rings is 2. The van der Waals surface area contributed by atoms with Crippen molar-refractivity contribution in [2.75, 3.05) is 5.32 Å². The zero-order valence-electron chi connectivity index (χ0n) is 17.9. The first-order chi connectivity index (χ1) is 13.8. The summed E-state index contributed by atoms with van der Waals surface area (Å²) >= 11 is 0. The fourth-order valence-corrected chi connectivity index (χ4v) is 2.61. The zero-order chi connectivity index (χ0) is 22.7. The molecule has 2 aromatic rings. The van der Waals surface area contributed by atoms with Crippen molar-refractivity contribution in [3.8, 4) is 11.1 Å². The number of hydrogen-bond acceptors (Lipinski definition) is 6. The lowest BCUT2D eigenvalue weighted by Crippen LogP contribution is -2.27. The second-order valence-electron chi connectivity index (χ2n) is 8.66. The number of nitro groups is 1. The minimum Gasteiger partial charge on any atom is -0.456 e. The van der Waals surface area contributed by atoms with E-state index in [-0.39, 0.29) is 11.3 Å². The van der Waals surface area contributed by atoms with Gasteiger partial charge in [-0.05, 0) is 59.2 Å². The number of anilines is 1. The van der Waals surface area contributed by atoms with Gasteiger partial charge in [-0.3, -0.25) is 15.4 Å². The molecule has 0 saturated carbocycles. The topological polar surface area (TPSA) is 108 Å². The van der Waals surface area contributed by atoms with Crippen LogP contribution in [0, 0.1) is 10.1 Å². The average Bonchev–Trinajstić information content (AvgIpc) is 2.58. The van der Waals surface area contributed by atoms with Crippen molar-refractivity contribution in [1.82, 2.24) is 0 Å². The van der Waals surface area contributed by atoms with Crippen molar-refractivity contribution in [3.05, 3.63) is 58.1 Å². The molecule has 8 nitrogen and oxygen atoms in total. The molecule has 0 unspecified atom stereocenters. The molecule has 2 aromatic carbocycles. The van der Waals surface area contributed by atoms with Gasteiger partial charge in [-0.15, -0.1) is 0 Å². The minimum atomic E-state index is -0.784. The summed E-state index contributed by atoms with van der Waals surface area (Å²) in [5.41, 5.74) is -0.556. The number of nitrogens with zero attached hydrogens (tertiary/aromatic N) is 1. The van der Waals surface area contributed by atoms with Gasteiger partial charge in [0, 0.05) is 11.6 Å². The fourth-order valence-electron chi connectivity index (χ4n) is 2.61. The number of hydrogen-bond donors (Lipinski definition) is 1. The molecule has 0 radical (unpaired) electrons. The number of amides is 1. The van der Waals surface area contributed by atoms with E-state index in [9.17, 15) is 19.7 Å². The smallest absolute Gasteiger partial charge is 0.412 e. The van der Waals surface area contributed by atoms with Crippen molar-refractivity contribution in [3.63, 3.8) is 0 Å². The predicted molar refractivity (Wildman–Crippen MR) is 114 cm³/mol. The third kappa shape index (κ3) is 6.30. The lowest BCUT2D eigenvalue weighted by Gasteiger charge is -2.20. The van der Waals surface area contributed by atoms with Gasteiger partial charge in [0.05, 0.1) is 10.6 Å². The standard InChI is InChI=1S/C22H26N2O6/c1-21(2,3)29-19(25)16-12-11-14(13-18(16)24(27)28)15-9-7-8-10-17(15)23-20(26)30-22(4,5)6/h7-13H,1-6H3,(H,23,26). The number of nitrogens with one attached hydrogen (secondary N) is 1. The number of carbonyl (C=O) groups excluding carboxylic acids is 2. The molecule has 1 N–H and O–H groups in total. The third-order valence-electron chi connectivity index (χ3n) is 3.69. The molecule has 0 bridgehead atoms. The van der Waals surface area contributed by atoms with E-state index in [0.29, 0.717) is 16.8 Å². The maximum absolute atomic E-state index is 12.4. The van der Waals surface area contributed by atoms with Crippen LogP contribution in [0.2, 0.25) is 0 Å². The molecule has 0 aliphatic heterocycles. The van der Waals surface area contributed by atoms with Crippen LogP contribution in [0.5, 0.6) is 0 Å². The molecule has 2 rings (SSSR count). The molecule has 160 valence electrons. The van der Waals surface area contributed by atoms with Gasteiger partial charge in [-0.2, -0.15) is 0 Å². The highest BCUT2D eigenvalue weighted by Gasteiger charge is 2.26. The fraction of sp³-hybridized carbons (Fsp3) is 0.364. The summed E-state index contributed by atoms with van der Waals surface area (Å²) in [6.45, 7) is 10.3. The Morgan fingerprint density at radius 1 is 0.933 bits per heavy atom. The second kappa shape index (κ2) is 8.52. The number of ether oxygens (including phenoxy) is 2. The van der Waals surface area contributed by atoms with Gasteiger partial charge < -0.3 is 9.47 Å². The second-order valence-corrected chi connectivity index (χ2v) is 8.66. The van der Waals surface area contributed by atoms with E-state index in [2.05, 4.69) is 5.32 Å². The van der Waals surface area contributed by atoms with Crippen LogP contribution < -0.4 is 5.32 Å². The van der Waals surface area contributed by atoms with Crippen molar-refractivity contribution >= 4 is 23.4 Å². The summed E-state index contributed by atoms with van der Waals surface area (Å²) in [5.74, 6) is -0.777. The lowest BCUT2D eigenvalue weighted by molar-refractivity contribution is -0.385. The van der Waals surface area contributed by atoms with E-state index >= 15 is 0 Å². The van der Waals surface area contributed by atoms with Crippen LogP contribution in [0.15, 0.2) is 42.5 Å². The summed E-state index contributed by atoms with van der Waals surface area (Å²) < 4.78 is 10.5. The van der Waals surface area contributed by atoms with E-state index in [1.54, 1.807) is 71.9 Å². The van der Waals surface area contributed by atoms with E-state index in [1.807, 2.05) is 0 Å². The molecule has 0 fully saturated rings. The Balaban J connectivity index is 2.43. The Kier molecular flexibility index (Phi) is 6.50. The molecule has 30 heavy (non-hydrogen) atoms. The van der Waals surface area contributed by atoms with Gasteiger partial charge in [-0.25, -0.2) is 9.59 Å². The van der Waals surface area contributed by atoms with Crippen molar-refractivity contribution in [2.24, 2.45) is 0 Å². The molecule has 0 aromatic heterocycles. The molecule has 0 atom stereocenters. The van der Waals surface area contributed by atoms with Crippen LogP contribution in [0.1, 0.15) is 51.9 Å². The average molecular weight is 414 g/mol. The highest BCUT2D eigenvalue weighted by molar-refractivity contribution is 5.97. The van der Waals surface area contributed by atoms with Gasteiger partial charge in [0.25, 0.3) is 5.69 Å². The third-order valence-corrected chi connectivity index (χ3v) is 3.69. The van der Waals surface area contributed by atoms with Crippen molar-refractivity contribution in [1.29, 1.82) is 0 Å². The number of rotatable bonds is 4. The normalized spacial score (nSPS) is 11.5. The molecule has 0 spiro atoms. The maximum Gasteiger partial charge on any atom is 0.412 e. The van der Waals surface area contributed by atoms with Gasteiger partial charge in [0.15, 0.2) is 0 Å². The number of nitro benzene ring substituents is 1. The molecule has 0 aliphatic rings. The Morgan fingerprint density at radius 2 is 1.53 bits per heavy atom. The van der Waals surface area contributed by atoms with Crippen LogP contribution in [0.25, 0.3) is 11.1 Å². The van der Waals surface area contributed by atoms with Crippen LogP contribution in [-0.2, 0) is 9.47 Å². The predicted octanol–water partition coefficient (Wildman–Crippen LogP) is 5.56. The Labute approximate surface area is 175 Å². The summed E-state index contributed by atoms with van der Waals surface area (Å²) in [5, 5.41) is 14.3. The summed E-state index contributed by atoms with van der Waals surface area (Å²) in [7, 11) is 0. The van der Waals surface area contributed by atoms with Crippen LogP contribution in [-0.4, -0.2) is 28.2 Å². The summed E-state index contributed by atoms with van der Waals surface area (Å²) in [6, 6.07) is 11.0. The van der Waals surface area contributed by atoms with Gasteiger partial charge in [0.1, 0.15) is 16.8 Å². The molecular weight excluding hydrogens is 388 g/mol. The van der Waals surface area contributed by atoms with E-state index in [1.165, 1.54) is 12.1 Å². The first-order valence-corrected chi connectivity index (χ1v) is 9.38. The Bertz CT molecular complexity index is 970. The van der Waals surface area contributed by atoms with E-state index in [4.69, 9.17) is 9.47 Å².